The minimum Gasteiger partial charge on any atom is -0.340 e. The van der Waals surface area contributed by atoms with Crippen molar-refractivity contribution in [1.29, 1.82) is 0 Å². The van der Waals surface area contributed by atoms with E-state index in [1.54, 1.807) is 21.6 Å². The van der Waals surface area contributed by atoms with Crippen molar-refractivity contribution in [3.63, 3.8) is 0 Å². The Kier molecular flexibility index (Phi) is 6.08. The van der Waals surface area contributed by atoms with Crippen LogP contribution in [0.15, 0.2) is 29.1 Å². The molecular weight excluding hydrogens is 373 g/mol. The zero-order chi connectivity index (χ0) is 20.2. The molecule has 0 atom stereocenters. The Bertz CT molecular complexity index is 922. The lowest BCUT2D eigenvalue weighted by Crippen LogP contribution is -2.39. The van der Waals surface area contributed by atoms with Gasteiger partial charge in [0.2, 0.25) is 5.91 Å². The first-order valence-corrected chi connectivity index (χ1v) is 10.5. The van der Waals surface area contributed by atoms with Crippen molar-refractivity contribution in [3.8, 4) is 0 Å². The molecule has 156 valence electrons. The monoisotopic (exact) mass is 401 g/mol. The van der Waals surface area contributed by atoms with E-state index >= 15 is 0 Å². The van der Waals surface area contributed by atoms with Gasteiger partial charge in [-0.1, -0.05) is 24.6 Å². The molecule has 0 saturated carbocycles. The summed E-state index contributed by atoms with van der Waals surface area (Å²) >= 11 is 0. The number of halogens is 1. The van der Waals surface area contributed by atoms with Crippen LogP contribution < -0.4 is 5.69 Å². The van der Waals surface area contributed by atoms with E-state index < -0.39 is 0 Å². The van der Waals surface area contributed by atoms with Gasteiger partial charge in [-0.25, -0.2) is 13.9 Å². The van der Waals surface area contributed by atoms with Crippen molar-refractivity contribution in [2.45, 2.75) is 51.7 Å². The van der Waals surface area contributed by atoms with Gasteiger partial charge in [0, 0.05) is 51.3 Å². The number of hydrogen-bond acceptors (Lipinski definition) is 4. The molecule has 0 radical (unpaired) electrons. The van der Waals surface area contributed by atoms with Crippen LogP contribution in [-0.4, -0.2) is 56.2 Å². The number of aromatic nitrogens is 3. The Morgan fingerprint density at radius 3 is 2.72 bits per heavy atom. The molecule has 2 aliphatic rings. The predicted octanol–water partition coefficient (Wildman–Crippen LogP) is 1.64. The molecule has 1 saturated heterocycles. The Morgan fingerprint density at radius 1 is 1.00 bits per heavy atom. The summed E-state index contributed by atoms with van der Waals surface area (Å²) in [6.07, 6.45) is 4.75. The van der Waals surface area contributed by atoms with Crippen LogP contribution in [-0.2, 0) is 30.8 Å². The summed E-state index contributed by atoms with van der Waals surface area (Å²) in [5.41, 5.74) is 0.504. The molecule has 2 aromatic rings. The van der Waals surface area contributed by atoms with E-state index in [1.807, 2.05) is 6.07 Å². The van der Waals surface area contributed by atoms with E-state index in [2.05, 4.69) is 10.00 Å². The van der Waals surface area contributed by atoms with E-state index in [1.165, 1.54) is 10.7 Å². The highest BCUT2D eigenvalue weighted by Crippen LogP contribution is 2.13. The largest absolute Gasteiger partial charge is 0.346 e. The number of aryl methyl sites for hydroxylation is 1. The molecule has 1 aromatic carbocycles. The third kappa shape index (κ3) is 4.58. The quantitative estimate of drug-likeness (QED) is 0.782. The van der Waals surface area contributed by atoms with E-state index in [9.17, 15) is 14.0 Å². The number of nitrogens with zero attached hydrogens (tertiary/aromatic N) is 5. The van der Waals surface area contributed by atoms with E-state index in [4.69, 9.17) is 0 Å². The van der Waals surface area contributed by atoms with Gasteiger partial charge < -0.3 is 4.90 Å². The third-order valence-electron chi connectivity index (χ3n) is 5.86. The van der Waals surface area contributed by atoms with Gasteiger partial charge in [-0.15, -0.1) is 0 Å². The summed E-state index contributed by atoms with van der Waals surface area (Å²) in [6, 6.07) is 6.82. The molecule has 4 rings (SSSR count). The van der Waals surface area contributed by atoms with Gasteiger partial charge in [0.05, 0.1) is 0 Å². The maximum Gasteiger partial charge on any atom is 0.346 e. The second-order valence-corrected chi connectivity index (χ2v) is 7.92. The molecule has 1 aromatic heterocycles. The Labute approximate surface area is 169 Å². The zero-order valence-corrected chi connectivity index (χ0v) is 16.7. The van der Waals surface area contributed by atoms with Crippen LogP contribution in [0.5, 0.6) is 0 Å². The maximum atomic E-state index is 13.9. The Morgan fingerprint density at radius 2 is 1.86 bits per heavy atom. The minimum atomic E-state index is -0.191. The van der Waals surface area contributed by atoms with Crippen LogP contribution in [0, 0.1) is 5.82 Å². The van der Waals surface area contributed by atoms with Crippen LogP contribution in [0.4, 0.5) is 4.39 Å². The molecule has 29 heavy (non-hydrogen) atoms. The van der Waals surface area contributed by atoms with Crippen molar-refractivity contribution < 1.29 is 9.18 Å². The minimum absolute atomic E-state index is 0.00779. The Balaban J connectivity index is 1.37. The standard InChI is InChI=1S/C21H28FN5O2/c22-18-8-4-3-7-17(18)15-24-10-6-11-25(14-13-24)20(28)16-27-21(29)26-12-5-1-2-9-19(26)23-27/h3-4,7-8H,1-2,5-6,9-16H2. The van der Waals surface area contributed by atoms with Gasteiger partial charge in [-0.3, -0.25) is 14.3 Å². The van der Waals surface area contributed by atoms with Gasteiger partial charge in [0.25, 0.3) is 0 Å². The molecule has 8 heteroatoms. The average Bonchev–Trinajstić information content (AvgIpc) is 2.95. The highest BCUT2D eigenvalue weighted by molar-refractivity contribution is 5.75. The van der Waals surface area contributed by atoms with Crippen LogP contribution in [0.25, 0.3) is 0 Å². The Hall–Kier alpha value is -2.48. The number of hydrogen-bond donors (Lipinski definition) is 0. The fourth-order valence-electron chi connectivity index (χ4n) is 4.20. The highest BCUT2D eigenvalue weighted by atomic mass is 19.1. The first-order chi connectivity index (χ1) is 14.1. The van der Waals surface area contributed by atoms with Gasteiger partial charge in [-0.05, 0) is 25.3 Å². The van der Waals surface area contributed by atoms with Crippen LogP contribution in [0.1, 0.15) is 37.1 Å². The topological polar surface area (TPSA) is 63.4 Å². The van der Waals surface area contributed by atoms with Gasteiger partial charge in [0.1, 0.15) is 18.2 Å². The molecule has 1 amide bonds. The zero-order valence-electron chi connectivity index (χ0n) is 16.7. The van der Waals surface area contributed by atoms with E-state index in [0.717, 1.165) is 44.5 Å². The number of benzene rings is 1. The summed E-state index contributed by atoms with van der Waals surface area (Å²) in [6.45, 7) is 3.96. The number of amides is 1. The molecule has 0 aliphatic carbocycles. The molecular formula is C21H28FN5O2. The first-order valence-electron chi connectivity index (χ1n) is 10.5. The van der Waals surface area contributed by atoms with Gasteiger partial charge >= 0.3 is 5.69 Å². The second kappa shape index (κ2) is 8.90. The number of fused-ring (bicyclic) bond motifs is 1. The predicted molar refractivity (Wildman–Crippen MR) is 107 cm³/mol. The fourth-order valence-corrected chi connectivity index (χ4v) is 4.20. The summed E-state index contributed by atoms with van der Waals surface area (Å²) in [5, 5.41) is 4.42. The van der Waals surface area contributed by atoms with Gasteiger partial charge in [0.15, 0.2) is 0 Å². The lowest BCUT2D eigenvalue weighted by Gasteiger charge is -2.22. The molecule has 0 spiro atoms. The summed E-state index contributed by atoms with van der Waals surface area (Å²) in [4.78, 5) is 29.4. The van der Waals surface area contributed by atoms with Crippen LogP contribution in [0.2, 0.25) is 0 Å². The molecule has 1 fully saturated rings. The first kappa shape index (κ1) is 19.8. The molecule has 2 aliphatic heterocycles. The number of carbonyl (C=O) groups excluding carboxylic acids is 1. The van der Waals surface area contributed by atoms with Gasteiger partial charge in [-0.2, -0.15) is 5.10 Å². The normalized spacial score (nSPS) is 18.2. The maximum absolute atomic E-state index is 13.9. The summed E-state index contributed by atoms with van der Waals surface area (Å²) in [7, 11) is 0. The smallest absolute Gasteiger partial charge is 0.340 e. The van der Waals surface area contributed by atoms with E-state index in [0.29, 0.717) is 38.3 Å². The van der Waals surface area contributed by atoms with Crippen LogP contribution >= 0.6 is 0 Å². The molecule has 3 heterocycles. The third-order valence-corrected chi connectivity index (χ3v) is 5.86. The van der Waals surface area contributed by atoms with Crippen LogP contribution in [0.3, 0.4) is 0 Å². The SMILES string of the molecule is O=C(Cn1nc2n(c1=O)CCCCC2)N1CCCN(Cc2ccccc2F)CC1. The summed E-state index contributed by atoms with van der Waals surface area (Å²) < 4.78 is 17.0. The highest BCUT2D eigenvalue weighted by Gasteiger charge is 2.23. The molecule has 0 bridgehead atoms. The average molecular weight is 401 g/mol. The van der Waals surface area contributed by atoms with Crippen molar-refractivity contribution in [2.24, 2.45) is 0 Å². The number of rotatable bonds is 4. The lowest BCUT2D eigenvalue weighted by molar-refractivity contribution is -0.132. The fraction of sp³-hybridized carbons (Fsp3) is 0.571. The van der Waals surface area contributed by atoms with Crippen molar-refractivity contribution in [1.82, 2.24) is 24.1 Å². The van der Waals surface area contributed by atoms with Crippen molar-refractivity contribution >= 4 is 5.91 Å². The molecule has 7 nitrogen and oxygen atoms in total. The van der Waals surface area contributed by atoms with E-state index in [-0.39, 0.29) is 24.0 Å². The number of carbonyl (C=O) groups is 1. The van der Waals surface area contributed by atoms with Crippen molar-refractivity contribution in [3.05, 3.63) is 52.0 Å². The lowest BCUT2D eigenvalue weighted by atomic mass is 10.2. The molecule has 0 unspecified atom stereocenters. The summed E-state index contributed by atoms with van der Waals surface area (Å²) in [5.74, 6) is 0.531. The molecule has 0 N–H and O–H groups in total. The second-order valence-electron chi connectivity index (χ2n) is 7.92. The van der Waals surface area contributed by atoms with Crippen molar-refractivity contribution in [2.75, 3.05) is 26.2 Å².